The van der Waals surface area contributed by atoms with Gasteiger partial charge in [-0.25, -0.2) is 0 Å². The Morgan fingerprint density at radius 1 is 0.719 bits per heavy atom. The lowest BCUT2D eigenvalue weighted by Crippen LogP contribution is -2.49. The van der Waals surface area contributed by atoms with Crippen LogP contribution in [0.4, 0.5) is 26.3 Å². The molecular formula is C19H22F6O6Si. The number of alkyl halides is 6. The number of rotatable bonds is 9. The Hall–Kier alpha value is -2.57. The van der Waals surface area contributed by atoms with Crippen LogP contribution in [-0.4, -0.2) is 26.7 Å². The van der Waals surface area contributed by atoms with Crippen LogP contribution in [0, 0.1) is 0 Å². The summed E-state index contributed by atoms with van der Waals surface area (Å²) < 4.78 is 92.6. The van der Waals surface area contributed by atoms with Gasteiger partial charge in [-0.1, -0.05) is 6.42 Å². The van der Waals surface area contributed by atoms with E-state index >= 15 is 0 Å². The van der Waals surface area contributed by atoms with Gasteiger partial charge >= 0.3 is 21.2 Å². The number of hydrogen-bond acceptors (Lipinski definition) is 6. The lowest BCUT2D eigenvalue weighted by Gasteiger charge is -2.26. The summed E-state index contributed by atoms with van der Waals surface area (Å²) in [6.45, 7) is 3.09. The molecule has 1 rings (SSSR count). The fraction of sp³-hybridized carbons (Fsp3) is 0.526. The third-order valence-corrected chi connectivity index (χ3v) is 6.75. The normalized spacial score (nSPS) is 12.3. The standard InChI is InChI=1S/C19H22F6O6Si/c1-12(26)29-32(30-13(2)27,31-14(3)28)8-6-4-5-7-15-9-16(18(20,21)22)11-17(10-15)19(23,24)25/h9-11H,4-8H2,1-3H3. The average Bonchev–Trinajstić information content (AvgIpc) is 2.57. The van der Waals surface area contributed by atoms with Crippen LogP contribution >= 0.6 is 0 Å². The van der Waals surface area contributed by atoms with E-state index in [4.69, 9.17) is 13.3 Å². The van der Waals surface area contributed by atoms with E-state index in [1.165, 1.54) is 0 Å². The largest absolute Gasteiger partial charge is 0.705 e. The zero-order chi connectivity index (χ0) is 24.7. The molecule has 0 amide bonds. The van der Waals surface area contributed by atoms with E-state index in [1.807, 2.05) is 0 Å². The van der Waals surface area contributed by atoms with Crippen molar-refractivity contribution in [2.45, 2.75) is 64.9 Å². The molecule has 6 nitrogen and oxygen atoms in total. The van der Waals surface area contributed by atoms with Crippen LogP contribution in [0.25, 0.3) is 0 Å². The second-order valence-corrected chi connectivity index (χ2v) is 9.42. The predicted molar refractivity (Wildman–Crippen MR) is 99.9 cm³/mol. The van der Waals surface area contributed by atoms with Crippen molar-refractivity contribution in [2.75, 3.05) is 0 Å². The van der Waals surface area contributed by atoms with Gasteiger partial charge in [0, 0.05) is 20.8 Å². The highest BCUT2D eigenvalue weighted by molar-refractivity contribution is 6.65. The summed E-state index contributed by atoms with van der Waals surface area (Å²) >= 11 is 0. The third-order valence-electron chi connectivity index (χ3n) is 3.99. The maximum atomic E-state index is 12.9. The molecule has 0 bridgehead atoms. The maximum absolute atomic E-state index is 12.9. The Morgan fingerprint density at radius 3 is 1.47 bits per heavy atom. The number of halogens is 6. The molecule has 0 fully saturated rings. The van der Waals surface area contributed by atoms with E-state index in [2.05, 4.69) is 0 Å². The van der Waals surface area contributed by atoms with Gasteiger partial charge in [-0.2, -0.15) is 26.3 Å². The van der Waals surface area contributed by atoms with Gasteiger partial charge in [0.25, 0.3) is 17.9 Å². The van der Waals surface area contributed by atoms with Crippen LogP contribution < -0.4 is 0 Å². The van der Waals surface area contributed by atoms with E-state index in [1.54, 1.807) is 0 Å². The summed E-state index contributed by atoms with van der Waals surface area (Å²) in [5, 5.41) is 0. The summed E-state index contributed by atoms with van der Waals surface area (Å²) in [6, 6.07) is 1.23. The fourth-order valence-electron chi connectivity index (χ4n) is 2.88. The fourth-order valence-corrected chi connectivity index (χ4v) is 5.31. The third kappa shape index (κ3) is 9.28. The SMILES string of the molecule is CC(=O)O[Si](CCCCCc1cc(C(F)(F)F)cc(C(F)(F)F)c1)(OC(C)=O)OC(C)=O. The maximum Gasteiger partial charge on any atom is 0.705 e. The van der Waals surface area contributed by atoms with Gasteiger partial charge in [-0.3, -0.25) is 14.4 Å². The molecular weight excluding hydrogens is 466 g/mol. The van der Waals surface area contributed by atoms with Gasteiger partial charge in [0.1, 0.15) is 0 Å². The highest BCUT2D eigenvalue weighted by Crippen LogP contribution is 2.36. The van der Waals surface area contributed by atoms with Gasteiger partial charge in [0.05, 0.1) is 17.2 Å². The summed E-state index contributed by atoms with van der Waals surface area (Å²) in [5.74, 6) is -2.53. The van der Waals surface area contributed by atoms with Crippen LogP contribution in [0.2, 0.25) is 6.04 Å². The first kappa shape index (κ1) is 27.5. The Morgan fingerprint density at radius 2 is 1.12 bits per heavy atom. The van der Waals surface area contributed by atoms with Crippen LogP contribution in [0.15, 0.2) is 18.2 Å². The first-order valence-electron chi connectivity index (χ1n) is 9.41. The zero-order valence-electron chi connectivity index (χ0n) is 17.5. The lowest BCUT2D eigenvalue weighted by molar-refractivity contribution is -0.148. The van der Waals surface area contributed by atoms with E-state index in [9.17, 15) is 40.7 Å². The Kier molecular flexibility index (Phi) is 9.30. The number of hydrogen-bond donors (Lipinski definition) is 0. The van der Waals surface area contributed by atoms with Crippen molar-refractivity contribution in [3.8, 4) is 0 Å². The Bertz CT molecular complexity index is 764. The topological polar surface area (TPSA) is 78.9 Å². The summed E-state index contributed by atoms with van der Waals surface area (Å²) in [7, 11) is -4.03. The first-order chi connectivity index (χ1) is 14.5. The van der Waals surface area contributed by atoms with Crippen molar-refractivity contribution in [3.63, 3.8) is 0 Å². The zero-order valence-corrected chi connectivity index (χ0v) is 18.5. The number of carbonyl (C=O) groups is 3. The lowest BCUT2D eigenvalue weighted by atomic mass is 10.0. The molecule has 0 saturated heterocycles. The van der Waals surface area contributed by atoms with Crippen LogP contribution in [0.3, 0.4) is 0 Å². The molecule has 0 aliphatic rings. The molecule has 0 heterocycles. The average molecular weight is 488 g/mol. The minimum absolute atomic E-state index is 0.0563. The quantitative estimate of drug-likeness (QED) is 0.275. The second-order valence-electron chi connectivity index (χ2n) is 6.94. The molecule has 32 heavy (non-hydrogen) atoms. The van der Waals surface area contributed by atoms with Gasteiger partial charge < -0.3 is 13.3 Å². The molecule has 0 aromatic heterocycles. The predicted octanol–water partition coefficient (Wildman–Crippen LogP) is 5.07. The molecule has 0 radical (unpaired) electrons. The smallest absolute Gasteiger partial charge is 0.455 e. The molecule has 0 atom stereocenters. The van der Waals surface area contributed by atoms with Crippen LogP contribution in [-0.2, 0) is 46.4 Å². The van der Waals surface area contributed by atoms with E-state index in [0.717, 1.165) is 20.8 Å². The second kappa shape index (κ2) is 10.8. The molecule has 1 aromatic rings. The minimum atomic E-state index is -4.93. The summed E-state index contributed by atoms with van der Waals surface area (Å²) in [4.78, 5) is 34.1. The highest BCUT2D eigenvalue weighted by atomic mass is 28.4. The van der Waals surface area contributed by atoms with Crippen LogP contribution in [0.5, 0.6) is 0 Å². The van der Waals surface area contributed by atoms with Gasteiger partial charge in [0.15, 0.2) is 0 Å². The van der Waals surface area contributed by atoms with Crippen molar-refractivity contribution in [3.05, 3.63) is 34.9 Å². The Balaban J connectivity index is 2.87. The molecule has 1 aromatic carbocycles. The van der Waals surface area contributed by atoms with Crippen molar-refractivity contribution in [2.24, 2.45) is 0 Å². The van der Waals surface area contributed by atoms with E-state index in [0.29, 0.717) is 12.1 Å². The van der Waals surface area contributed by atoms with Crippen molar-refractivity contribution in [1.82, 2.24) is 0 Å². The monoisotopic (exact) mass is 488 g/mol. The van der Waals surface area contributed by atoms with Gasteiger partial charge in [0.2, 0.25) is 0 Å². The molecule has 0 unspecified atom stereocenters. The van der Waals surface area contributed by atoms with Gasteiger partial charge in [-0.15, -0.1) is 0 Å². The number of aryl methyl sites for hydroxylation is 1. The first-order valence-corrected chi connectivity index (χ1v) is 11.3. The van der Waals surface area contributed by atoms with Crippen molar-refractivity contribution < 1.29 is 54.0 Å². The summed E-state index contributed by atoms with van der Waals surface area (Å²) in [5.41, 5.74) is -2.93. The van der Waals surface area contributed by atoms with E-state index < -0.39 is 50.2 Å². The molecule has 0 aliphatic heterocycles. The van der Waals surface area contributed by atoms with Gasteiger partial charge in [-0.05, 0) is 43.0 Å². The molecule has 0 saturated carbocycles. The minimum Gasteiger partial charge on any atom is -0.455 e. The highest BCUT2D eigenvalue weighted by Gasteiger charge is 2.51. The molecule has 180 valence electrons. The number of benzene rings is 1. The summed E-state index contributed by atoms with van der Waals surface area (Å²) in [6.07, 6.45) is -9.33. The number of unbranched alkanes of at least 4 members (excludes halogenated alkanes) is 2. The molecule has 0 aliphatic carbocycles. The molecule has 0 N–H and O–H groups in total. The molecule has 0 spiro atoms. The van der Waals surface area contributed by atoms with Crippen molar-refractivity contribution in [1.29, 1.82) is 0 Å². The number of carbonyl (C=O) groups excluding carboxylic acids is 3. The molecule has 13 heteroatoms. The Labute approximate surface area is 181 Å². The van der Waals surface area contributed by atoms with Crippen LogP contribution in [0.1, 0.15) is 56.7 Å². The van der Waals surface area contributed by atoms with E-state index in [-0.39, 0.29) is 43.4 Å². The van der Waals surface area contributed by atoms with Crippen molar-refractivity contribution >= 4 is 26.7 Å².